The highest BCUT2D eigenvalue weighted by Gasteiger charge is 2.33. The number of hydrogen-bond donors (Lipinski definition) is 0. The molecule has 1 aromatic carbocycles. The number of hydrogen-bond acceptors (Lipinski definition) is 3. The number of nitrogens with zero attached hydrogens (tertiary/aromatic N) is 2. The van der Waals surface area contributed by atoms with Crippen LogP contribution in [0.5, 0.6) is 5.75 Å². The van der Waals surface area contributed by atoms with Crippen molar-refractivity contribution >= 4 is 0 Å². The molecular weight excluding hydrogens is 248 g/mol. The van der Waals surface area contributed by atoms with E-state index in [0.717, 1.165) is 25.3 Å². The molecule has 1 saturated heterocycles. The van der Waals surface area contributed by atoms with E-state index in [9.17, 15) is 5.26 Å². The Kier molecular flexibility index (Phi) is 4.67. The molecule has 20 heavy (non-hydrogen) atoms. The maximum atomic E-state index is 9.60. The second-order valence-electron chi connectivity index (χ2n) is 6.07. The zero-order valence-electron chi connectivity index (χ0n) is 12.7. The number of likely N-dealkylation sites (tertiary alicyclic amines) is 1. The highest BCUT2D eigenvalue weighted by molar-refractivity contribution is 5.31. The highest BCUT2D eigenvalue weighted by Crippen LogP contribution is 2.26. The van der Waals surface area contributed by atoms with Gasteiger partial charge in [-0.3, -0.25) is 4.90 Å². The van der Waals surface area contributed by atoms with Gasteiger partial charge in [-0.2, -0.15) is 5.26 Å². The molecule has 0 saturated carbocycles. The predicted octanol–water partition coefficient (Wildman–Crippen LogP) is 3.39. The summed E-state index contributed by atoms with van der Waals surface area (Å²) in [6.07, 6.45) is 3.33. The van der Waals surface area contributed by atoms with E-state index in [2.05, 4.69) is 23.1 Å². The summed E-state index contributed by atoms with van der Waals surface area (Å²) in [5.74, 6) is 0.888. The van der Waals surface area contributed by atoms with Gasteiger partial charge in [0.2, 0.25) is 0 Å². The Morgan fingerprint density at radius 2 is 2.05 bits per heavy atom. The van der Waals surface area contributed by atoms with Crippen LogP contribution in [0.25, 0.3) is 0 Å². The molecule has 0 spiro atoms. The molecule has 1 aromatic rings. The summed E-state index contributed by atoms with van der Waals surface area (Å²) in [5, 5.41) is 9.60. The van der Waals surface area contributed by atoms with Gasteiger partial charge in [0.05, 0.1) is 12.2 Å². The Balaban J connectivity index is 2.13. The molecule has 0 aromatic heterocycles. The van der Waals surface area contributed by atoms with Gasteiger partial charge in [0, 0.05) is 6.42 Å². The van der Waals surface area contributed by atoms with Gasteiger partial charge in [-0.25, -0.2) is 0 Å². The van der Waals surface area contributed by atoms with Crippen LogP contribution in [0.3, 0.4) is 0 Å². The van der Waals surface area contributed by atoms with Crippen molar-refractivity contribution in [3.05, 3.63) is 29.8 Å². The third-order valence-corrected chi connectivity index (χ3v) is 3.86. The summed E-state index contributed by atoms with van der Waals surface area (Å²) in [5.41, 5.74) is 0.756. The van der Waals surface area contributed by atoms with Gasteiger partial charge in [-0.1, -0.05) is 12.1 Å². The largest absolute Gasteiger partial charge is 0.491 e. The zero-order valence-corrected chi connectivity index (χ0v) is 12.7. The molecule has 3 heteroatoms. The Labute approximate surface area is 122 Å². The summed E-state index contributed by atoms with van der Waals surface area (Å²) in [6.45, 7) is 8.17. The number of nitriles is 1. The van der Waals surface area contributed by atoms with Gasteiger partial charge in [0.15, 0.2) is 0 Å². The Morgan fingerprint density at radius 1 is 1.35 bits per heavy atom. The molecule has 2 rings (SSSR count). The van der Waals surface area contributed by atoms with Gasteiger partial charge >= 0.3 is 0 Å². The van der Waals surface area contributed by atoms with Crippen molar-refractivity contribution in [2.24, 2.45) is 0 Å². The van der Waals surface area contributed by atoms with E-state index in [0.29, 0.717) is 0 Å². The summed E-state index contributed by atoms with van der Waals surface area (Å²) < 4.78 is 5.73. The fraction of sp³-hybridized carbons (Fsp3) is 0.588. The van der Waals surface area contributed by atoms with Gasteiger partial charge in [-0.15, -0.1) is 0 Å². The van der Waals surface area contributed by atoms with Crippen molar-refractivity contribution in [2.45, 2.75) is 51.7 Å². The Hall–Kier alpha value is -1.53. The van der Waals surface area contributed by atoms with Crippen LogP contribution in [-0.4, -0.2) is 29.6 Å². The van der Waals surface area contributed by atoms with Crippen molar-refractivity contribution in [3.8, 4) is 11.8 Å². The molecule has 1 heterocycles. The summed E-state index contributed by atoms with van der Waals surface area (Å²) in [4.78, 5) is 2.31. The summed E-state index contributed by atoms with van der Waals surface area (Å²) in [7, 11) is 0. The van der Waals surface area contributed by atoms with Crippen molar-refractivity contribution in [2.75, 3.05) is 13.1 Å². The van der Waals surface area contributed by atoms with Gasteiger partial charge in [0.1, 0.15) is 11.3 Å². The lowest BCUT2D eigenvalue weighted by atomic mass is 9.92. The van der Waals surface area contributed by atoms with E-state index in [-0.39, 0.29) is 6.10 Å². The lowest BCUT2D eigenvalue weighted by Crippen LogP contribution is -2.45. The fourth-order valence-electron chi connectivity index (χ4n) is 2.83. The van der Waals surface area contributed by atoms with Crippen LogP contribution in [0.1, 0.15) is 39.2 Å². The molecule has 3 nitrogen and oxygen atoms in total. The fourth-order valence-corrected chi connectivity index (χ4v) is 2.83. The van der Waals surface area contributed by atoms with Crippen molar-refractivity contribution in [3.63, 3.8) is 0 Å². The molecule has 1 fully saturated rings. The predicted molar refractivity (Wildman–Crippen MR) is 80.7 cm³/mol. The summed E-state index contributed by atoms with van der Waals surface area (Å²) >= 11 is 0. The van der Waals surface area contributed by atoms with Gasteiger partial charge in [-0.05, 0) is 64.4 Å². The average molecular weight is 272 g/mol. The van der Waals surface area contributed by atoms with E-state index >= 15 is 0 Å². The van der Waals surface area contributed by atoms with Crippen LogP contribution < -0.4 is 4.74 Å². The van der Waals surface area contributed by atoms with E-state index in [4.69, 9.17) is 4.74 Å². The first kappa shape index (κ1) is 14.9. The SMILES string of the molecule is CC(C)Oc1cccc(CC(C)(C#N)N2CCCC2)c1. The molecule has 0 bridgehead atoms. The maximum Gasteiger partial charge on any atom is 0.119 e. The molecule has 0 aliphatic carbocycles. The molecule has 1 aliphatic rings. The average Bonchev–Trinajstić information content (AvgIpc) is 2.92. The zero-order chi connectivity index (χ0) is 14.6. The first-order chi connectivity index (χ1) is 9.53. The van der Waals surface area contributed by atoms with Crippen LogP contribution in [0.4, 0.5) is 0 Å². The number of ether oxygens (including phenoxy) is 1. The Morgan fingerprint density at radius 3 is 2.65 bits per heavy atom. The second kappa shape index (κ2) is 6.28. The van der Waals surface area contributed by atoms with Crippen LogP contribution in [0.2, 0.25) is 0 Å². The standard InChI is InChI=1S/C17H24N2O/c1-14(2)20-16-8-6-7-15(11-16)12-17(3,13-18)19-9-4-5-10-19/h6-8,11,14H,4-5,9-10,12H2,1-3H3. The smallest absolute Gasteiger partial charge is 0.119 e. The minimum atomic E-state index is -0.410. The molecule has 0 amide bonds. The maximum absolute atomic E-state index is 9.60. The van der Waals surface area contributed by atoms with E-state index in [1.165, 1.54) is 18.4 Å². The van der Waals surface area contributed by atoms with Crippen LogP contribution in [0, 0.1) is 11.3 Å². The lowest BCUT2D eigenvalue weighted by molar-refractivity contribution is 0.191. The first-order valence-electron chi connectivity index (χ1n) is 7.45. The third kappa shape index (κ3) is 3.52. The summed E-state index contributed by atoms with van der Waals surface area (Å²) in [6, 6.07) is 10.6. The van der Waals surface area contributed by atoms with Crippen LogP contribution in [-0.2, 0) is 6.42 Å². The molecule has 1 atom stereocenters. The molecule has 0 radical (unpaired) electrons. The van der Waals surface area contributed by atoms with Crippen molar-refractivity contribution < 1.29 is 4.74 Å². The molecule has 1 aliphatic heterocycles. The third-order valence-electron chi connectivity index (χ3n) is 3.86. The Bertz CT molecular complexity index is 486. The van der Waals surface area contributed by atoms with E-state index in [1.807, 2.05) is 32.9 Å². The van der Waals surface area contributed by atoms with Gasteiger partial charge in [0.25, 0.3) is 0 Å². The lowest BCUT2D eigenvalue weighted by Gasteiger charge is -2.32. The van der Waals surface area contributed by atoms with Gasteiger partial charge < -0.3 is 4.74 Å². The van der Waals surface area contributed by atoms with E-state index < -0.39 is 5.54 Å². The minimum absolute atomic E-state index is 0.172. The minimum Gasteiger partial charge on any atom is -0.491 e. The molecule has 108 valence electrons. The quantitative estimate of drug-likeness (QED) is 0.824. The molecular formula is C17H24N2O. The normalized spacial score (nSPS) is 18.8. The van der Waals surface area contributed by atoms with E-state index in [1.54, 1.807) is 0 Å². The molecule has 0 N–H and O–H groups in total. The molecule has 1 unspecified atom stereocenters. The highest BCUT2D eigenvalue weighted by atomic mass is 16.5. The number of benzene rings is 1. The topological polar surface area (TPSA) is 36.3 Å². The second-order valence-corrected chi connectivity index (χ2v) is 6.07. The van der Waals surface area contributed by atoms with Crippen LogP contribution in [0.15, 0.2) is 24.3 Å². The van der Waals surface area contributed by atoms with Crippen LogP contribution >= 0.6 is 0 Å². The van der Waals surface area contributed by atoms with Crippen molar-refractivity contribution in [1.29, 1.82) is 5.26 Å². The van der Waals surface area contributed by atoms with Crippen molar-refractivity contribution in [1.82, 2.24) is 4.90 Å². The monoisotopic (exact) mass is 272 g/mol. The number of rotatable bonds is 5. The first-order valence-corrected chi connectivity index (χ1v) is 7.45.